The smallest absolute Gasteiger partial charge is 0.416 e. The molecule has 0 saturated carbocycles. The lowest BCUT2D eigenvalue weighted by Crippen LogP contribution is -2.28. The highest BCUT2D eigenvalue weighted by Crippen LogP contribution is 2.37. The first-order valence-electron chi connectivity index (χ1n) is 9.96. The van der Waals surface area contributed by atoms with Crippen molar-refractivity contribution in [3.05, 3.63) is 53.1 Å². The summed E-state index contributed by atoms with van der Waals surface area (Å²) in [7, 11) is -4.38. The number of hydrogen-bond acceptors (Lipinski definition) is 5. The molecule has 174 valence electrons. The van der Waals surface area contributed by atoms with E-state index in [0.29, 0.717) is 44.0 Å². The molecule has 0 bridgehead atoms. The normalized spacial score (nSPS) is 15.3. The standard InChI is InChI=1S/C21H23F3N2O5S/c1-2-14-4-5-15(20(27)28)12-19(14)32(29,30)25-17-13-16(21(22,23)24)6-7-18(17)26-8-3-10-31-11-9-26/h4-7,12-13,25H,2-3,8-11H2,1H3,(H,27,28). The molecular weight excluding hydrogens is 449 g/mol. The number of anilines is 2. The van der Waals surface area contributed by atoms with Crippen LogP contribution in [-0.4, -0.2) is 45.8 Å². The van der Waals surface area contributed by atoms with Gasteiger partial charge in [0, 0.05) is 19.7 Å². The van der Waals surface area contributed by atoms with Gasteiger partial charge in [-0.1, -0.05) is 13.0 Å². The van der Waals surface area contributed by atoms with Crippen molar-refractivity contribution in [2.45, 2.75) is 30.8 Å². The van der Waals surface area contributed by atoms with Crippen LogP contribution in [0.25, 0.3) is 0 Å². The van der Waals surface area contributed by atoms with Crippen LogP contribution < -0.4 is 9.62 Å². The maximum Gasteiger partial charge on any atom is 0.416 e. The van der Waals surface area contributed by atoms with Gasteiger partial charge in [-0.15, -0.1) is 0 Å². The molecule has 0 spiro atoms. The second-order valence-corrected chi connectivity index (χ2v) is 8.92. The maximum atomic E-state index is 13.3. The number of sulfonamides is 1. The Morgan fingerprint density at radius 1 is 1.16 bits per heavy atom. The van der Waals surface area contributed by atoms with Crippen LogP contribution >= 0.6 is 0 Å². The third-order valence-corrected chi connectivity index (χ3v) is 6.56. The second kappa shape index (κ2) is 9.37. The van der Waals surface area contributed by atoms with Gasteiger partial charge in [0.2, 0.25) is 0 Å². The monoisotopic (exact) mass is 472 g/mol. The number of rotatable bonds is 6. The minimum atomic E-state index is -4.67. The van der Waals surface area contributed by atoms with E-state index in [9.17, 15) is 31.5 Å². The third-order valence-electron chi connectivity index (χ3n) is 5.12. The predicted molar refractivity (Wildman–Crippen MR) is 113 cm³/mol. The van der Waals surface area contributed by atoms with Gasteiger partial charge in [0.1, 0.15) is 0 Å². The minimum Gasteiger partial charge on any atom is -0.478 e. The van der Waals surface area contributed by atoms with Gasteiger partial charge in [-0.25, -0.2) is 13.2 Å². The van der Waals surface area contributed by atoms with Gasteiger partial charge in [-0.3, -0.25) is 4.72 Å². The number of aryl methyl sites for hydroxylation is 1. The average Bonchev–Trinajstić information content (AvgIpc) is 3.01. The Labute approximate surface area is 183 Å². The van der Waals surface area contributed by atoms with Gasteiger partial charge in [0.05, 0.1) is 34.0 Å². The van der Waals surface area contributed by atoms with E-state index in [1.54, 1.807) is 11.8 Å². The van der Waals surface area contributed by atoms with Crippen molar-refractivity contribution in [2.24, 2.45) is 0 Å². The van der Waals surface area contributed by atoms with Crippen molar-refractivity contribution in [3.63, 3.8) is 0 Å². The largest absolute Gasteiger partial charge is 0.478 e. The van der Waals surface area contributed by atoms with E-state index in [2.05, 4.69) is 4.72 Å². The summed E-state index contributed by atoms with van der Waals surface area (Å²) in [6.45, 7) is 3.42. The van der Waals surface area contributed by atoms with E-state index >= 15 is 0 Å². The highest BCUT2D eigenvalue weighted by atomic mass is 32.2. The molecule has 1 aliphatic heterocycles. The summed E-state index contributed by atoms with van der Waals surface area (Å²) >= 11 is 0. The van der Waals surface area contributed by atoms with E-state index in [4.69, 9.17) is 4.74 Å². The van der Waals surface area contributed by atoms with Gasteiger partial charge < -0.3 is 14.7 Å². The molecular formula is C21H23F3N2O5S. The predicted octanol–water partition coefficient (Wildman–Crippen LogP) is 3.99. The fourth-order valence-electron chi connectivity index (χ4n) is 3.49. The molecule has 7 nitrogen and oxygen atoms in total. The fourth-order valence-corrected chi connectivity index (χ4v) is 4.89. The Morgan fingerprint density at radius 2 is 1.91 bits per heavy atom. The zero-order chi connectivity index (χ0) is 23.5. The lowest BCUT2D eigenvalue weighted by atomic mass is 10.1. The van der Waals surface area contributed by atoms with Crippen LogP contribution in [0.5, 0.6) is 0 Å². The molecule has 0 aromatic heterocycles. The van der Waals surface area contributed by atoms with Crippen LogP contribution in [0.3, 0.4) is 0 Å². The molecule has 2 N–H and O–H groups in total. The summed E-state index contributed by atoms with van der Waals surface area (Å²) in [6.07, 6.45) is -3.75. The first-order valence-corrected chi connectivity index (χ1v) is 11.4. The van der Waals surface area contributed by atoms with Gasteiger partial charge >= 0.3 is 12.1 Å². The van der Waals surface area contributed by atoms with Crippen LogP contribution in [0.15, 0.2) is 41.3 Å². The van der Waals surface area contributed by atoms with E-state index in [1.807, 2.05) is 0 Å². The lowest BCUT2D eigenvalue weighted by Gasteiger charge is -2.26. The maximum absolute atomic E-state index is 13.3. The Kier molecular flexibility index (Phi) is 6.99. The first kappa shape index (κ1) is 23.9. The zero-order valence-corrected chi connectivity index (χ0v) is 18.1. The number of nitrogens with one attached hydrogen (secondary N) is 1. The molecule has 2 aromatic carbocycles. The molecule has 0 aliphatic carbocycles. The Bertz CT molecular complexity index is 1100. The van der Waals surface area contributed by atoms with E-state index in [0.717, 1.165) is 18.2 Å². The van der Waals surface area contributed by atoms with Gasteiger partial charge in [-0.05, 0) is 48.7 Å². The van der Waals surface area contributed by atoms with E-state index in [1.165, 1.54) is 18.2 Å². The van der Waals surface area contributed by atoms with Crippen LogP contribution in [0.4, 0.5) is 24.5 Å². The topological polar surface area (TPSA) is 95.9 Å². The minimum absolute atomic E-state index is 0.232. The lowest BCUT2D eigenvalue weighted by molar-refractivity contribution is -0.137. The van der Waals surface area contributed by atoms with E-state index in [-0.39, 0.29) is 22.6 Å². The molecule has 2 aromatic rings. The Hall–Kier alpha value is -2.79. The molecule has 0 unspecified atom stereocenters. The summed E-state index contributed by atoms with van der Waals surface area (Å²) in [5.74, 6) is -1.31. The number of hydrogen-bond donors (Lipinski definition) is 2. The number of ether oxygens (including phenoxy) is 1. The van der Waals surface area contributed by atoms with Gasteiger partial charge in [0.25, 0.3) is 10.0 Å². The second-order valence-electron chi connectivity index (χ2n) is 7.27. The Morgan fingerprint density at radius 3 is 2.56 bits per heavy atom. The van der Waals surface area contributed by atoms with Crippen molar-refractivity contribution in [2.75, 3.05) is 35.9 Å². The highest BCUT2D eigenvalue weighted by molar-refractivity contribution is 7.92. The molecule has 0 radical (unpaired) electrons. The van der Waals surface area contributed by atoms with E-state index < -0.39 is 27.7 Å². The molecule has 3 rings (SSSR count). The SMILES string of the molecule is CCc1ccc(C(=O)O)cc1S(=O)(=O)Nc1cc(C(F)(F)F)ccc1N1CCCOCC1. The Balaban J connectivity index is 2.09. The third kappa shape index (κ3) is 5.33. The summed E-state index contributed by atoms with van der Waals surface area (Å²) in [5.41, 5.74) is -0.834. The summed E-state index contributed by atoms with van der Waals surface area (Å²) < 4.78 is 74.1. The molecule has 1 saturated heterocycles. The van der Waals surface area contributed by atoms with Gasteiger partial charge in [-0.2, -0.15) is 13.2 Å². The molecule has 1 fully saturated rings. The average molecular weight is 472 g/mol. The van der Waals surface area contributed by atoms with Crippen LogP contribution in [0, 0.1) is 0 Å². The molecule has 0 amide bonds. The van der Waals surface area contributed by atoms with Crippen molar-refractivity contribution in [1.29, 1.82) is 0 Å². The number of halogens is 3. The number of benzene rings is 2. The number of alkyl halides is 3. The number of aromatic carboxylic acids is 1. The van der Waals surface area contributed by atoms with Crippen molar-refractivity contribution in [3.8, 4) is 0 Å². The number of carboxylic acid groups (broad SMARTS) is 1. The quantitative estimate of drug-likeness (QED) is 0.660. The molecule has 1 heterocycles. The van der Waals surface area contributed by atoms with Crippen LogP contribution in [0.2, 0.25) is 0 Å². The molecule has 32 heavy (non-hydrogen) atoms. The van der Waals surface area contributed by atoms with Crippen LogP contribution in [-0.2, 0) is 27.4 Å². The van der Waals surface area contributed by atoms with Crippen LogP contribution in [0.1, 0.15) is 34.8 Å². The number of carbonyl (C=O) groups is 1. The molecule has 0 atom stereocenters. The van der Waals surface area contributed by atoms with Crippen molar-refractivity contribution < 1.29 is 36.2 Å². The van der Waals surface area contributed by atoms with Crippen molar-refractivity contribution >= 4 is 27.4 Å². The fraction of sp³-hybridized carbons (Fsp3) is 0.381. The highest BCUT2D eigenvalue weighted by Gasteiger charge is 2.32. The summed E-state index contributed by atoms with van der Waals surface area (Å²) in [4.78, 5) is 12.8. The molecule has 11 heteroatoms. The first-order chi connectivity index (χ1) is 15.0. The summed E-state index contributed by atoms with van der Waals surface area (Å²) in [5, 5.41) is 9.24. The van der Waals surface area contributed by atoms with Crippen molar-refractivity contribution in [1.82, 2.24) is 0 Å². The number of nitrogens with zero attached hydrogens (tertiary/aromatic N) is 1. The van der Waals surface area contributed by atoms with Gasteiger partial charge in [0.15, 0.2) is 0 Å². The zero-order valence-electron chi connectivity index (χ0n) is 17.3. The molecule has 1 aliphatic rings. The number of carboxylic acids is 1. The summed E-state index contributed by atoms with van der Waals surface area (Å²) in [6, 6.07) is 6.58.